The van der Waals surface area contributed by atoms with Gasteiger partial charge >= 0.3 is 0 Å². The third-order valence-corrected chi connectivity index (χ3v) is 4.91. The number of nitro benzene ring substituents is 1. The van der Waals surface area contributed by atoms with Crippen LogP contribution in [0.4, 0.5) is 5.69 Å². The van der Waals surface area contributed by atoms with E-state index in [-0.39, 0.29) is 23.6 Å². The summed E-state index contributed by atoms with van der Waals surface area (Å²) in [6.07, 6.45) is 5.60. The first-order valence-electron chi connectivity index (χ1n) is 8.74. The van der Waals surface area contributed by atoms with Crippen molar-refractivity contribution in [3.63, 3.8) is 0 Å². The lowest BCUT2D eigenvalue weighted by molar-refractivity contribution is -0.384. The highest BCUT2D eigenvalue weighted by atomic mass is 16.6. The Morgan fingerprint density at radius 1 is 1.38 bits per heavy atom. The molecule has 0 radical (unpaired) electrons. The molecule has 3 rings (SSSR count). The molecule has 1 aromatic carbocycles. The Morgan fingerprint density at radius 3 is 2.77 bits per heavy atom. The summed E-state index contributed by atoms with van der Waals surface area (Å²) >= 11 is 0. The zero-order valence-corrected chi connectivity index (χ0v) is 14.7. The van der Waals surface area contributed by atoms with Gasteiger partial charge in [-0.05, 0) is 31.4 Å². The highest BCUT2D eigenvalue weighted by Gasteiger charge is 2.25. The van der Waals surface area contributed by atoms with Crippen LogP contribution in [0.5, 0.6) is 0 Å². The first kappa shape index (κ1) is 18.1. The fourth-order valence-corrected chi connectivity index (χ4v) is 3.54. The molecule has 1 aromatic heterocycles. The summed E-state index contributed by atoms with van der Waals surface area (Å²) in [6.45, 7) is 0.621. The Labute approximate surface area is 151 Å². The van der Waals surface area contributed by atoms with Gasteiger partial charge in [-0.2, -0.15) is 5.10 Å². The van der Waals surface area contributed by atoms with Crippen molar-refractivity contribution in [2.75, 3.05) is 0 Å². The number of nitro groups is 1. The second-order valence-electron chi connectivity index (χ2n) is 6.82. The maximum atomic E-state index is 11.4. The van der Waals surface area contributed by atoms with E-state index in [2.05, 4.69) is 10.4 Å². The lowest BCUT2D eigenvalue weighted by Gasteiger charge is -2.28. The highest BCUT2D eigenvalue weighted by molar-refractivity contribution is 5.76. The minimum absolute atomic E-state index is 0.0516. The Balaban J connectivity index is 1.71. The largest absolute Gasteiger partial charge is 0.369 e. The normalized spacial score (nSPS) is 20.0. The molecule has 138 valence electrons. The maximum absolute atomic E-state index is 11.4. The molecule has 0 aliphatic heterocycles. The Hall–Kier alpha value is -2.74. The number of amides is 1. The van der Waals surface area contributed by atoms with Crippen molar-refractivity contribution >= 4 is 11.6 Å². The molecule has 8 heteroatoms. The molecule has 1 aliphatic rings. The van der Waals surface area contributed by atoms with Crippen LogP contribution in [-0.4, -0.2) is 26.7 Å². The number of nitrogens with zero attached hydrogens (tertiary/aromatic N) is 3. The van der Waals surface area contributed by atoms with E-state index in [1.54, 1.807) is 16.8 Å². The van der Waals surface area contributed by atoms with Gasteiger partial charge in [0.1, 0.15) is 0 Å². The molecule has 1 aliphatic carbocycles. The Morgan fingerprint density at radius 2 is 2.12 bits per heavy atom. The van der Waals surface area contributed by atoms with E-state index in [0.29, 0.717) is 6.54 Å². The number of primary amides is 1. The van der Waals surface area contributed by atoms with Gasteiger partial charge in [-0.25, -0.2) is 0 Å². The van der Waals surface area contributed by atoms with Crippen LogP contribution >= 0.6 is 0 Å². The Bertz CT molecular complexity index is 800. The summed E-state index contributed by atoms with van der Waals surface area (Å²) in [6, 6.07) is 6.66. The van der Waals surface area contributed by atoms with E-state index < -0.39 is 4.92 Å². The number of benzene rings is 1. The first-order valence-corrected chi connectivity index (χ1v) is 8.74. The van der Waals surface area contributed by atoms with Crippen LogP contribution in [0.2, 0.25) is 0 Å². The lowest BCUT2D eigenvalue weighted by atomic mass is 9.85. The van der Waals surface area contributed by atoms with Crippen LogP contribution in [0.1, 0.15) is 31.2 Å². The number of aromatic nitrogens is 2. The van der Waals surface area contributed by atoms with Gasteiger partial charge in [-0.3, -0.25) is 19.6 Å². The van der Waals surface area contributed by atoms with Crippen LogP contribution in [0.15, 0.2) is 30.5 Å². The smallest absolute Gasteiger partial charge is 0.269 e. The number of carbonyl (C=O) groups is 1. The van der Waals surface area contributed by atoms with Gasteiger partial charge in [0.05, 0.1) is 10.6 Å². The molecule has 3 N–H and O–H groups in total. The van der Waals surface area contributed by atoms with Gasteiger partial charge in [0, 0.05) is 55.0 Å². The SMILES string of the molecule is Cn1cc(CNC2CCCC(C(N)=O)C2)c(-c2ccc([N+](=O)[O-])cc2)n1. The fourth-order valence-electron chi connectivity index (χ4n) is 3.54. The van der Waals surface area contributed by atoms with E-state index >= 15 is 0 Å². The van der Waals surface area contributed by atoms with Crippen molar-refractivity contribution in [2.45, 2.75) is 38.3 Å². The summed E-state index contributed by atoms with van der Waals surface area (Å²) in [5.41, 5.74) is 8.16. The predicted octanol–water partition coefficient (Wildman–Crippen LogP) is 2.13. The second-order valence-corrected chi connectivity index (χ2v) is 6.82. The quantitative estimate of drug-likeness (QED) is 0.607. The van der Waals surface area contributed by atoms with E-state index in [1.165, 1.54) is 12.1 Å². The number of hydrogen-bond donors (Lipinski definition) is 2. The zero-order valence-electron chi connectivity index (χ0n) is 14.7. The van der Waals surface area contributed by atoms with Crippen LogP contribution in [0, 0.1) is 16.0 Å². The van der Waals surface area contributed by atoms with Gasteiger partial charge in [0.25, 0.3) is 5.69 Å². The standard InChI is InChI=1S/C18H23N5O3/c1-22-11-14(10-20-15-4-2-3-13(9-15)18(19)24)17(21-22)12-5-7-16(8-6-12)23(25)26/h5-8,11,13,15,20H,2-4,9-10H2,1H3,(H2,19,24). The van der Waals surface area contributed by atoms with Gasteiger partial charge < -0.3 is 11.1 Å². The molecule has 1 fully saturated rings. The van der Waals surface area contributed by atoms with Gasteiger partial charge in [0.2, 0.25) is 5.91 Å². The van der Waals surface area contributed by atoms with Crippen LogP contribution in [0.3, 0.4) is 0 Å². The predicted molar refractivity (Wildman–Crippen MR) is 97.1 cm³/mol. The number of nitrogens with two attached hydrogens (primary N) is 1. The van der Waals surface area contributed by atoms with Gasteiger partial charge in [-0.15, -0.1) is 0 Å². The van der Waals surface area contributed by atoms with Crippen molar-refractivity contribution in [3.05, 3.63) is 46.1 Å². The number of non-ortho nitro benzene ring substituents is 1. The lowest BCUT2D eigenvalue weighted by Crippen LogP contribution is -2.38. The maximum Gasteiger partial charge on any atom is 0.269 e. The molecular formula is C18H23N5O3. The molecule has 2 aromatic rings. The number of carbonyl (C=O) groups excluding carboxylic acids is 1. The molecule has 0 spiro atoms. The minimum atomic E-state index is -0.414. The second kappa shape index (κ2) is 7.65. The zero-order chi connectivity index (χ0) is 18.7. The molecule has 1 amide bonds. The average molecular weight is 357 g/mol. The molecule has 8 nitrogen and oxygen atoms in total. The highest BCUT2D eigenvalue weighted by Crippen LogP contribution is 2.27. The molecule has 2 atom stereocenters. The monoisotopic (exact) mass is 357 g/mol. The summed E-state index contributed by atoms with van der Waals surface area (Å²) in [5.74, 6) is -0.270. The average Bonchev–Trinajstić information content (AvgIpc) is 3.01. The number of nitrogens with one attached hydrogen (secondary N) is 1. The number of aryl methyl sites for hydroxylation is 1. The van der Waals surface area contributed by atoms with Crippen molar-refractivity contribution in [1.82, 2.24) is 15.1 Å². The van der Waals surface area contributed by atoms with E-state index in [1.807, 2.05) is 13.2 Å². The summed E-state index contributed by atoms with van der Waals surface area (Å²) < 4.78 is 1.74. The van der Waals surface area contributed by atoms with Crippen LogP contribution < -0.4 is 11.1 Å². The molecule has 1 heterocycles. The molecule has 0 saturated heterocycles. The molecular weight excluding hydrogens is 334 g/mol. The molecule has 0 bridgehead atoms. The van der Waals surface area contributed by atoms with Gasteiger partial charge in [-0.1, -0.05) is 6.42 Å². The van der Waals surface area contributed by atoms with Crippen molar-refractivity contribution in [3.8, 4) is 11.3 Å². The fraction of sp³-hybridized carbons (Fsp3) is 0.444. The Kier molecular flexibility index (Phi) is 5.32. The number of hydrogen-bond acceptors (Lipinski definition) is 5. The van der Waals surface area contributed by atoms with Crippen molar-refractivity contribution in [1.29, 1.82) is 0 Å². The molecule has 1 saturated carbocycles. The summed E-state index contributed by atoms with van der Waals surface area (Å²) in [7, 11) is 1.85. The molecule has 26 heavy (non-hydrogen) atoms. The summed E-state index contributed by atoms with van der Waals surface area (Å²) in [4.78, 5) is 21.8. The minimum Gasteiger partial charge on any atom is -0.369 e. The molecule has 2 unspecified atom stereocenters. The van der Waals surface area contributed by atoms with Crippen LogP contribution in [-0.2, 0) is 18.4 Å². The third-order valence-electron chi connectivity index (χ3n) is 4.91. The third kappa shape index (κ3) is 4.08. The van der Waals surface area contributed by atoms with Crippen molar-refractivity contribution in [2.24, 2.45) is 18.7 Å². The topological polar surface area (TPSA) is 116 Å². The van der Waals surface area contributed by atoms with Gasteiger partial charge in [0.15, 0.2) is 0 Å². The first-order chi connectivity index (χ1) is 12.4. The number of rotatable bonds is 6. The van der Waals surface area contributed by atoms with E-state index in [4.69, 9.17) is 5.73 Å². The summed E-state index contributed by atoms with van der Waals surface area (Å²) in [5, 5.41) is 18.8. The van der Waals surface area contributed by atoms with Crippen molar-refractivity contribution < 1.29 is 9.72 Å². The van der Waals surface area contributed by atoms with E-state index in [0.717, 1.165) is 42.5 Å². The van der Waals surface area contributed by atoms with Crippen LogP contribution in [0.25, 0.3) is 11.3 Å². The van der Waals surface area contributed by atoms with E-state index in [9.17, 15) is 14.9 Å².